The van der Waals surface area contributed by atoms with Crippen molar-refractivity contribution >= 4 is 18.3 Å². The topological polar surface area (TPSA) is 27.7 Å². The van der Waals surface area contributed by atoms with E-state index in [1.54, 1.807) is 7.11 Å². The highest BCUT2D eigenvalue weighted by Gasteiger charge is 2.65. The normalized spacial score (nSPS) is 22.5. The van der Waals surface area contributed by atoms with Crippen LogP contribution in [-0.2, 0) is 33.2 Å². The first-order chi connectivity index (χ1) is 17.0. The van der Waals surface area contributed by atoms with Gasteiger partial charge in [0.1, 0.15) is 17.2 Å². The van der Waals surface area contributed by atoms with Gasteiger partial charge >= 0.3 is 6.49 Å². The highest BCUT2D eigenvalue weighted by molar-refractivity contribution is 8.11. The Morgan fingerprint density at radius 2 is 1.00 bits per heavy atom. The number of benzene rings is 3. The van der Waals surface area contributed by atoms with E-state index in [2.05, 4.69) is 117 Å². The predicted molar refractivity (Wildman–Crippen MR) is 157 cm³/mol. The second-order valence-electron chi connectivity index (χ2n) is 13.5. The maximum absolute atomic E-state index is 6.72. The van der Waals surface area contributed by atoms with Crippen molar-refractivity contribution in [2.75, 3.05) is 7.11 Å². The summed E-state index contributed by atoms with van der Waals surface area (Å²) >= 11 is 6.49. The Morgan fingerprint density at radius 3 is 1.38 bits per heavy atom. The standard InChI is InChI=1S/C32H39O3PS/c1-29(2,3)20-11-14-26(33-10)23(17-20)32-24-18-21(30(4,5)6)12-15-27(24)34-36(32,37)35-28-16-13-22(19-25(28)32)31(7,8)9/h11-19H,1-10H3. The van der Waals surface area contributed by atoms with Crippen molar-refractivity contribution in [3.05, 3.63) is 88.0 Å². The molecule has 0 bridgehead atoms. The van der Waals surface area contributed by atoms with Gasteiger partial charge < -0.3 is 13.8 Å². The molecule has 3 nitrogen and oxygen atoms in total. The van der Waals surface area contributed by atoms with Gasteiger partial charge in [0.25, 0.3) is 0 Å². The fourth-order valence-electron chi connectivity index (χ4n) is 5.47. The van der Waals surface area contributed by atoms with Crippen LogP contribution in [0.5, 0.6) is 17.2 Å². The van der Waals surface area contributed by atoms with E-state index in [9.17, 15) is 0 Å². The zero-order chi connectivity index (χ0) is 27.2. The molecule has 5 heteroatoms. The molecule has 2 aliphatic rings. The number of hydrogen-bond donors (Lipinski definition) is 0. The van der Waals surface area contributed by atoms with Crippen LogP contribution in [0.25, 0.3) is 0 Å². The lowest BCUT2D eigenvalue weighted by Gasteiger charge is -2.33. The molecular weight excluding hydrogens is 495 g/mol. The molecule has 5 rings (SSSR count). The molecular formula is C32H39O3PS. The monoisotopic (exact) mass is 534 g/mol. The third kappa shape index (κ3) is 3.86. The minimum atomic E-state index is -2.95. The molecule has 0 N–H and O–H groups in total. The van der Waals surface area contributed by atoms with E-state index in [1.807, 2.05) is 0 Å². The van der Waals surface area contributed by atoms with Gasteiger partial charge in [-0.15, -0.1) is 0 Å². The zero-order valence-corrected chi connectivity index (χ0v) is 25.5. The summed E-state index contributed by atoms with van der Waals surface area (Å²) in [4.78, 5) is 0. The van der Waals surface area contributed by atoms with E-state index in [-0.39, 0.29) is 16.2 Å². The third-order valence-electron chi connectivity index (χ3n) is 7.77. The van der Waals surface area contributed by atoms with Crippen molar-refractivity contribution in [3.63, 3.8) is 0 Å². The second-order valence-corrected chi connectivity index (χ2v) is 17.0. The van der Waals surface area contributed by atoms with Crippen LogP contribution in [0, 0.1) is 0 Å². The van der Waals surface area contributed by atoms with E-state index >= 15 is 0 Å². The zero-order valence-electron chi connectivity index (χ0n) is 23.8. The van der Waals surface area contributed by atoms with Crippen molar-refractivity contribution in [1.82, 2.24) is 0 Å². The largest absolute Gasteiger partial charge is 0.496 e. The minimum absolute atomic E-state index is 0.0335. The molecule has 3 aromatic rings. The Balaban J connectivity index is 1.96. The summed E-state index contributed by atoms with van der Waals surface area (Å²) in [6, 6.07) is 19.6. The fourth-order valence-corrected chi connectivity index (χ4v) is 9.39. The highest BCUT2D eigenvalue weighted by atomic mass is 32.5. The Hall–Kier alpha value is -2.29. The SMILES string of the molecule is COc1ccc(C(C)(C)C)cc1C12c3cc(C(C)(C)C)ccc3OP1(=S)Oc1ccc(C(C)(C)C)cc12. The van der Waals surface area contributed by atoms with Crippen LogP contribution in [0.15, 0.2) is 54.6 Å². The summed E-state index contributed by atoms with van der Waals surface area (Å²) in [5.74, 6) is 2.43. The van der Waals surface area contributed by atoms with Crippen molar-refractivity contribution < 1.29 is 13.8 Å². The summed E-state index contributed by atoms with van der Waals surface area (Å²) in [6.45, 7) is 17.2. The molecule has 0 fully saturated rings. The van der Waals surface area contributed by atoms with Crippen LogP contribution in [0.1, 0.15) is 95.7 Å². The molecule has 0 aliphatic carbocycles. The van der Waals surface area contributed by atoms with Crippen LogP contribution in [0.3, 0.4) is 0 Å². The van der Waals surface area contributed by atoms with E-state index in [4.69, 9.17) is 25.6 Å². The van der Waals surface area contributed by atoms with Gasteiger partial charge in [-0.1, -0.05) is 80.5 Å². The van der Waals surface area contributed by atoms with Crippen molar-refractivity contribution in [2.45, 2.75) is 83.7 Å². The van der Waals surface area contributed by atoms with Gasteiger partial charge in [-0.3, -0.25) is 0 Å². The molecule has 2 aliphatic heterocycles. The summed E-state index contributed by atoms with van der Waals surface area (Å²) in [6.07, 6.45) is 0. The molecule has 0 saturated heterocycles. The molecule has 0 saturated carbocycles. The molecule has 3 aromatic carbocycles. The van der Waals surface area contributed by atoms with Gasteiger partial charge in [-0.2, -0.15) is 0 Å². The number of fused-ring (bicyclic) bond motifs is 5. The first-order valence-corrected chi connectivity index (χ1v) is 15.6. The lowest BCUT2D eigenvalue weighted by molar-refractivity contribution is 0.406. The molecule has 196 valence electrons. The van der Waals surface area contributed by atoms with Crippen LogP contribution < -0.4 is 13.8 Å². The summed E-state index contributed by atoms with van der Waals surface area (Å²) in [7, 11) is 1.74. The van der Waals surface area contributed by atoms with Crippen LogP contribution >= 0.6 is 6.49 Å². The molecule has 0 spiro atoms. The van der Waals surface area contributed by atoms with Gasteiger partial charge in [-0.05, 0) is 81.1 Å². The Morgan fingerprint density at radius 1 is 0.622 bits per heavy atom. The van der Waals surface area contributed by atoms with E-state index in [0.29, 0.717) is 0 Å². The second kappa shape index (κ2) is 8.10. The first kappa shape index (κ1) is 26.3. The maximum Gasteiger partial charge on any atom is 0.308 e. The predicted octanol–water partition coefficient (Wildman–Crippen LogP) is 8.97. The van der Waals surface area contributed by atoms with E-state index in [1.165, 1.54) is 16.7 Å². The summed E-state index contributed by atoms with van der Waals surface area (Å²) in [5, 5.41) is -0.776. The quantitative estimate of drug-likeness (QED) is 0.307. The summed E-state index contributed by atoms with van der Waals surface area (Å²) < 4.78 is 19.5. The number of rotatable bonds is 2. The van der Waals surface area contributed by atoms with Gasteiger partial charge in [0, 0.05) is 16.7 Å². The molecule has 0 amide bonds. The number of methoxy groups -OCH3 is 1. The van der Waals surface area contributed by atoms with Crippen molar-refractivity contribution in [1.29, 1.82) is 0 Å². The average Bonchev–Trinajstić information content (AvgIpc) is 3.19. The minimum Gasteiger partial charge on any atom is -0.496 e. The van der Waals surface area contributed by atoms with Crippen LogP contribution in [0.2, 0.25) is 0 Å². The van der Waals surface area contributed by atoms with E-state index in [0.717, 1.165) is 33.9 Å². The third-order valence-corrected chi connectivity index (χ3v) is 11.5. The lowest BCUT2D eigenvalue weighted by Crippen LogP contribution is -2.27. The molecule has 0 aromatic heterocycles. The summed E-state index contributed by atoms with van der Waals surface area (Å²) in [5.41, 5.74) is 6.77. The lowest BCUT2D eigenvalue weighted by atomic mass is 9.75. The number of hydrogen-bond acceptors (Lipinski definition) is 4. The van der Waals surface area contributed by atoms with E-state index < -0.39 is 11.6 Å². The molecule has 0 atom stereocenters. The Kier molecular flexibility index (Phi) is 5.77. The van der Waals surface area contributed by atoms with Gasteiger partial charge in [0.15, 0.2) is 5.16 Å². The molecule has 0 radical (unpaired) electrons. The maximum atomic E-state index is 6.72. The number of ether oxygens (including phenoxy) is 1. The Labute approximate surface area is 227 Å². The van der Waals surface area contributed by atoms with Crippen LogP contribution in [-0.4, -0.2) is 7.11 Å². The van der Waals surface area contributed by atoms with Gasteiger partial charge in [-0.25, -0.2) is 0 Å². The van der Waals surface area contributed by atoms with Crippen LogP contribution in [0.4, 0.5) is 0 Å². The molecule has 37 heavy (non-hydrogen) atoms. The average molecular weight is 535 g/mol. The first-order valence-electron chi connectivity index (χ1n) is 13.0. The molecule has 2 heterocycles. The molecule has 0 unspecified atom stereocenters. The van der Waals surface area contributed by atoms with Gasteiger partial charge in [0.05, 0.1) is 7.11 Å². The Bertz CT molecular complexity index is 1380. The van der Waals surface area contributed by atoms with Crippen molar-refractivity contribution in [3.8, 4) is 17.2 Å². The highest BCUT2D eigenvalue weighted by Crippen LogP contribution is 2.81. The smallest absolute Gasteiger partial charge is 0.308 e. The van der Waals surface area contributed by atoms with Crippen molar-refractivity contribution in [2.24, 2.45) is 0 Å². The fraction of sp³-hybridized carbons (Fsp3) is 0.438. The van der Waals surface area contributed by atoms with Gasteiger partial charge in [0.2, 0.25) is 0 Å².